The lowest BCUT2D eigenvalue weighted by Gasteiger charge is -2.37. The molecule has 0 N–H and O–H groups in total. The van der Waals surface area contributed by atoms with Gasteiger partial charge in [-0.1, -0.05) is 54.6 Å². The molecule has 0 spiro atoms. The van der Waals surface area contributed by atoms with Crippen molar-refractivity contribution in [3.05, 3.63) is 95.6 Å². The van der Waals surface area contributed by atoms with Crippen LogP contribution in [0.5, 0.6) is 11.5 Å². The van der Waals surface area contributed by atoms with E-state index in [1.54, 1.807) is 21.3 Å². The van der Waals surface area contributed by atoms with Gasteiger partial charge in [0.15, 0.2) is 0 Å². The second-order valence-electron chi connectivity index (χ2n) is 11.5. The Morgan fingerprint density at radius 1 is 0.721 bits per heavy atom. The molecule has 7 atom stereocenters. The van der Waals surface area contributed by atoms with Gasteiger partial charge in [-0.15, -0.1) is 0 Å². The Balaban J connectivity index is 1.43. The summed E-state index contributed by atoms with van der Waals surface area (Å²) < 4.78 is 43.1. The van der Waals surface area contributed by atoms with E-state index >= 15 is 0 Å². The van der Waals surface area contributed by atoms with Gasteiger partial charge in [-0.2, -0.15) is 0 Å². The van der Waals surface area contributed by atoms with Crippen LogP contribution in [0.4, 0.5) is 0 Å². The zero-order valence-corrected chi connectivity index (χ0v) is 27.0. The molecule has 2 fully saturated rings. The van der Waals surface area contributed by atoms with Gasteiger partial charge in [0.25, 0.3) is 0 Å². The van der Waals surface area contributed by atoms with Gasteiger partial charge >= 0.3 is 0 Å². The Hall–Kier alpha value is -2.38. The Morgan fingerprint density at radius 3 is 1.77 bits per heavy atom. The van der Waals surface area contributed by atoms with Crippen LogP contribution in [-0.2, 0) is 29.1 Å². The standard InChI is InChI=1S/C33H43B2O7P/c1-36-25-14-10-23(11-15-25)33(22-8-6-5-7-9-22,24-12-16-26(37-2)17-13-24)39-20-29-28(19-32(35)40-29)42-43(4)21-30-27(38-3)18-31(34)41-30/h5-17,27-32H,18-21,34-35H2,1-4H3/t27-,28-,29-,30-,31-,32-,43?/m1/s1. The van der Waals surface area contributed by atoms with Gasteiger partial charge in [0.2, 0.25) is 0 Å². The molecule has 0 aliphatic carbocycles. The minimum absolute atomic E-state index is 0.0569. The van der Waals surface area contributed by atoms with Gasteiger partial charge in [-0.25, -0.2) is 0 Å². The summed E-state index contributed by atoms with van der Waals surface area (Å²) in [4.78, 5) is 0. The maximum absolute atomic E-state index is 7.14. The second kappa shape index (κ2) is 14.6. The first-order valence-corrected chi connectivity index (χ1v) is 17.0. The predicted molar refractivity (Wildman–Crippen MR) is 175 cm³/mol. The number of hydrogen-bond donors (Lipinski definition) is 0. The SMILES string of the molecule is B[C@H]1C[C@@H](OC)[C@@H](CP(C)O[C@@H]2C[C@H](B)O[C@@H]2COC(c2ccccc2)(c2ccc(OC)cc2)c2ccc(OC)cc2)O1. The van der Waals surface area contributed by atoms with Gasteiger partial charge in [-0.05, 0) is 60.5 Å². The molecule has 0 amide bonds. The molecule has 0 aromatic heterocycles. The van der Waals surface area contributed by atoms with Gasteiger partial charge < -0.3 is 32.9 Å². The highest BCUT2D eigenvalue weighted by molar-refractivity contribution is 7.51. The third kappa shape index (κ3) is 7.30. The van der Waals surface area contributed by atoms with Crippen molar-refractivity contribution in [1.82, 2.24) is 0 Å². The number of rotatable bonds is 13. The second-order valence-corrected chi connectivity index (χ2v) is 13.3. The topological polar surface area (TPSA) is 64.6 Å². The lowest BCUT2D eigenvalue weighted by Crippen LogP contribution is -2.38. The summed E-state index contributed by atoms with van der Waals surface area (Å²) in [5.41, 5.74) is 2.09. The van der Waals surface area contributed by atoms with E-state index in [-0.39, 0.29) is 36.4 Å². The largest absolute Gasteiger partial charge is 0.497 e. The predicted octanol–water partition coefficient (Wildman–Crippen LogP) is 3.94. The van der Waals surface area contributed by atoms with E-state index in [2.05, 4.69) is 58.8 Å². The van der Waals surface area contributed by atoms with Gasteiger partial charge in [0.05, 0.1) is 39.1 Å². The number of hydrogen-bond acceptors (Lipinski definition) is 7. The first kappa shape index (κ1) is 32.0. The number of methoxy groups -OCH3 is 3. The van der Waals surface area contributed by atoms with Crippen LogP contribution in [0.25, 0.3) is 0 Å². The van der Waals surface area contributed by atoms with E-state index in [1.165, 1.54) is 0 Å². The van der Waals surface area contributed by atoms with Crippen molar-refractivity contribution in [3.8, 4) is 11.5 Å². The summed E-state index contributed by atoms with van der Waals surface area (Å²) in [5.74, 6) is 1.57. The zero-order valence-electron chi connectivity index (χ0n) is 26.1. The Bertz CT molecular complexity index is 1230. The van der Waals surface area contributed by atoms with Crippen molar-refractivity contribution in [2.45, 2.75) is 54.9 Å². The van der Waals surface area contributed by atoms with E-state index in [9.17, 15) is 0 Å². The maximum Gasteiger partial charge on any atom is 0.143 e. The van der Waals surface area contributed by atoms with Crippen molar-refractivity contribution >= 4 is 23.8 Å². The Kier molecular flexibility index (Phi) is 10.9. The molecule has 2 aliphatic rings. The highest BCUT2D eigenvalue weighted by Gasteiger charge is 2.42. The van der Waals surface area contributed by atoms with Crippen LogP contribution in [-0.4, -0.2) is 92.9 Å². The van der Waals surface area contributed by atoms with E-state index in [0.29, 0.717) is 6.61 Å². The molecular weight excluding hydrogens is 561 g/mol. The number of benzene rings is 3. The van der Waals surface area contributed by atoms with Crippen LogP contribution < -0.4 is 9.47 Å². The summed E-state index contributed by atoms with van der Waals surface area (Å²) in [5, 5.41) is 0. The zero-order chi connectivity index (χ0) is 30.4. The Labute approximate surface area is 259 Å². The summed E-state index contributed by atoms with van der Waals surface area (Å²) in [7, 11) is 8.58. The highest BCUT2D eigenvalue weighted by Crippen LogP contribution is 2.44. The highest BCUT2D eigenvalue weighted by atomic mass is 31.1. The van der Waals surface area contributed by atoms with Crippen LogP contribution in [0.15, 0.2) is 78.9 Å². The molecule has 2 heterocycles. The quantitative estimate of drug-likeness (QED) is 0.167. The molecule has 5 rings (SSSR count). The summed E-state index contributed by atoms with van der Waals surface area (Å²) >= 11 is 0. The van der Waals surface area contributed by atoms with E-state index < -0.39 is 13.7 Å². The van der Waals surface area contributed by atoms with Crippen molar-refractivity contribution in [2.24, 2.45) is 0 Å². The minimum atomic E-state index is -0.907. The third-order valence-corrected chi connectivity index (χ3v) is 9.97. The van der Waals surface area contributed by atoms with Gasteiger partial charge in [0, 0.05) is 33.4 Å². The molecule has 228 valence electrons. The van der Waals surface area contributed by atoms with Crippen LogP contribution in [0.3, 0.4) is 0 Å². The van der Waals surface area contributed by atoms with Crippen molar-refractivity contribution < 1.29 is 32.9 Å². The molecule has 0 saturated carbocycles. The van der Waals surface area contributed by atoms with E-state index in [0.717, 1.165) is 47.2 Å². The molecule has 0 bridgehead atoms. The molecular formula is C33H43B2O7P. The summed E-state index contributed by atoms with van der Waals surface area (Å²) in [6.45, 7) is 2.53. The smallest absolute Gasteiger partial charge is 0.143 e. The average molecular weight is 604 g/mol. The van der Waals surface area contributed by atoms with Crippen molar-refractivity contribution in [1.29, 1.82) is 0 Å². The first-order chi connectivity index (χ1) is 20.9. The molecule has 1 unspecified atom stereocenters. The van der Waals surface area contributed by atoms with Crippen LogP contribution in [0.2, 0.25) is 0 Å². The fourth-order valence-electron chi connectivity index (χ4n) is 6.32. The molecule has 43 heavy (non-hydrogen) atoms. The summed E-state index contributed by atoms with van der Waals surface area (Å²) in [6, 6.07) is 26.8. The van der Waals surface area contributed by atoms with Crippen molar-refractivity contribution in [3.63, 3.8) is 0 Å². The van der Waals surface area contributed by atoms with Crippen LogP contribution in [0.1, 0.15) is 29.5 Å². The fraction of sp³-hybridized carbons (Fsp3) is 0.455. The normalized spacial score (nSPS) is 26.3. The fourth-order valence-corrected chi connectivity index (χ4v) is 7.91. The average Bonchev–Trinajstić information content (AvgIpc) is 3.57. The Morgan fingerprint density at radius 2 is 1.23 bits per heavy atom. The van der Waals surface area contributed by atoms with Crippen LogP contribution in [0, 0.1) is 0 Å². The molecule has 3 aromatic rings. The molecule has 7 nitrogen and oxygen atoms in total. The molecule has 3 aromatic carbocycles. The number of ether oxygens (including phenoxy) is 6. The molecule has 2 aliphatic heterocycles. The lowest BCUT2D eigenvalue weighted by atomic mass is 9.80. The monoisotopic (exact) mass is 604 g/mol. The van der Waals surface area contributed by atoms with Crippen molar-refractivity contribution in [2.75, 3.05) is 40.8 Å². The molecule has 2 saturated heterocycles. The molecule has 10 heteroatoms. The van der Waals surface area contributed by atoms with Crippen LogP contribution >= 0.6 is 8.15 Å². The maximum atomic E-state index is 7.14. The third-order valence-electron chi connectivity index (χ3n) is 8.46. The van der Waals surface area contributed by atoms with Gasteiger partial charge in [-0.3, -0.25) is 0 Å². The summed E-state index contributed by atoms with van der Waals surface area (Å²) in [6.07, 6.45) is 2.45. The van der Waals surface area contributed by atoms with E-state index in [1.807, 2.05) is 42.5 Å². The van der Waals surface area contributed by atoms with E-state index in [4.69, 9.17) is 32.9 Å². The lowest BCUT2D eigenvalue weighted by molar-refractivity contribution is -0.0690. The minimum Gasteiger partial charge on any atom is -0.497 e. The molecule has 0 radical (unpaired) electrons. The first-order valence-electron chi connectivity index (χ1n) is 15.1. The van der Waals surface area contributed by atoms with Gasteiger partial charge in [0.1, 0.15) is 38.9 Å².